The van der Waals surface area contributed by atoms with Gasteiger partial charge in [-0.2, -0.15) is 9.61 Å². The lowest BCUT2D eigenvalue weighted by molar-refractivity contribution is -0.113. The Morgan fingerprint density at radius 3 is 2.57 bits per heavy atom. The van der Waals surface area contributed by atoms with Gasteiger partial charge in [0.15, 0.2) is 11.5 Å². The van der Waals surface area contributed by atoms with Crippen molar-refractivity contribution in [1.29, 1.82) is 0 Å². The predicted molar refractivity (Wildman–Crippen MR) is 140 cm³/mol. The second-order valence-corrected chi connectivity index (χ2v) is 10.8. The number of halogens is 1. The number of anilines is 1. The minimum atomic E-state index is -3.70. The summed E-state index contributed by atoms with van der Waals surface area (Å²) in [4.78, 5) is 12.6. The van der Waals surface area contributed by atoms with Gasteiger partial charge in [-0.25, -0.2) is 13.1 Å². The highest BCUT2D eigenvalue weighted by molar-refractivity contribution is 7.99. The van der Waals surface area contributed by atoms with Crippen LogP contribution in [0.15, 0.2) is 64.5 Å². The number of nitrogens with zero attached hydrogens (tertiary/aromatic N) is 4. The van der Waals surface area contributed by atoms with Crippen LogP contribution in [0.4, 0.5) is 5.69 Å². The zero-order valence-electron chi connectivity index (χ0n) is 19.8. The molecule has 37 heavy (non-hydrogen) atoms. The van der Waals surface area contributed by atoms with Crippen molar-refractivity contribution < 1.29 is 22.7 Å². The van der Waals surface area contributed by atoms with Crippen LogP contribution >= 0.6 is 23.4 Å². The molecular formula is C23H23ClN6O5S2. The van der Waals surface area contributed by atoms with Crippen molar-refractivity contribution in [3.63, 3.8) is 0 Å². The van der Waals surface area contributed by atoms with E-state index in [0.29, 0.717) is 38.7 Å². The summed E-state index contributed by atoms with van der Waals surface area (Å²) >= 11 is 7.24. The third kappa shape index (κ3) is 6.68. The molecule has 2 aromatic heterocycles. The van der Waals surface area contributed by atoms with Crippen LogP contribution in [0.1, 0.15) is 5.82 Å². The zero-order valence-corrected chi connectivity index (χ0v) is 22.2. The van der Waals surface area contributed by atoms with E-state index in [-0.39, 0.29) is 29.5 Å². The number of fused-ring (bicyclic) bond motifs is 1. The highest BCUT2D eigenvalue weighted by atomic mass is 35.5. The highest BCUT2D eigenvalue weighted by Crippen LogP contribution is 2.28. The summed E-state index contributed by atoms with van der Waals surface area (Å²) in [6.45, 7) is 0.0953. The number of rotatable bonds is 11. The Balaban J connectivity index is 1.36. The third-order valence-electron chi connectivity index (χ3n) is 5.10. The largest absolute Gasteiger partial charge is 0.497 e. The Kier molecular flexibility index (Phi) is 8.48. The van der Waals surface area contributed by atoms with Gasteiger partial charge in [0.05, 0.1) is 30.6 Å². The lowest BCUT2D eigenvalue weighted by Crippen LogP contribution is -2.26. The van der Waals surface area contributed by atoms with Gasteiger partial charge in [-0.3, -0.25) is 4.79 Å². The van der Waals surface area contributed by atoms with E-state index in [1.54, 1.807) is 42.5 Å². The average Bonchev–Trinajstić information content (AvgIpc) is 3.29. The van der Waals surface area contributed by atoms with Crippen LogP contribution in [-0.4, -0.2) is 60.7 Å². The quantitative estimate of drug-likeness (QED) is 0.264. The van der Waals surface area contributed by atoms with E-state index in [4.69, 9.17) is 21.1 Å². The Bertz CT molecular complexity index is 1510. The van der Waals surface area contributed by atoms with Crippen molar-refractivity contribution in [2.45, 2.75) is 16.3 Å². The van der Waals surface area contributed by atoms with Crippen LogP contribution in [0.5, 0.6) is 11.5 Å². The molecule has 4 rings (SSSR count). The molecule has 0 radical (unpaired) electrons. The molecule has 0 bridgehead atoms. The Hall–Kier alpha value is -3.39. The molecule has 0 spiro atoms. The Morgan fingerprint density at radius 2 is 1.84 bits per heavy atom. The summed E-state index contributed by atoms with van der Waals surface area (Å²) < 4.78 is 39.5. The molecular weight excluding hydrogens is 540 g/mol. The molecule has 2 N–H and O–H groups in total. The van der Waals surface area contributed by atoms with Gasteiger partial charge in [-0.15, -0.1) is 10.2 Å². The van der Waals surface area contributed by atoms with Crippen molar-refractivity contribution in [1.82, 2.24) is 24.5 Å². The van der Waals surface area contributed by atoms with E-state index in [1.165, 1.54) is 42.6 Å². The molecule has 0 saturated carbocycles. The third-order valence-corrected chi connectivity index (χ3v) is 7.73. The zero-order chi connectivity index (χ0) is 26.4. The summed E-state index contributed by atoms with van der Waals surface area (Å²) in [5.74, 6) is 1.37. The van der Waals surface area contributed by atoms with Gasteiger partial charge in [-0.1, -0.05) is 23.4 Å². The number of carbonyl (C=O) groups excluding carboxylic acids is 1. The van der Waals surface area contributed by atoms with E-state index in [0.717, 1.165) is 0 Å². The minimum Gasteiger partial charge on any atom is -0.497 e. The van der Waals surface area contributed by atoms with Crippen LogP contribution < -0.4 is 19.5 Å². The maximum Gasteiger partial charge on any atom is 0.240 e. The molecule has 11 nitrogen and oxygen atoms in total. The molecule has 0 aliphatic heterocycles. The summed E-state index contributed by atoms with van der Waals surface area (Å²) in [7, 11) is -0.684. The van der Waals surface area contributed by atoms with Crippen LogP contribution in [-0.2, 0) is 21.2 Å². The first-order valence-corrected chi connectivity index (χ1v) is 13.7. The highest BCUT2D eigenvalue weighted by Gasteiger charge is 2.16. The molecule has 2 aromatic carbocycles. The fraction of sp³-hybridized carbons (Fsp3) is 0.217. The number of hydrogen-bond acceptors (Lipinski definition) is 9. The number of methoxy groups -OCH3 is 2. The Labute approximate surface area is 222 Å². The van der Waals surface area contributed by atoms with Gasteiger partial charge in [0.1, 0.15) is 16.5 Å². The summed E-state index contributed by atoms with van der Waals surface area (Å²) in [5, 5.41) is 16.5. The topological polar surface area (TPSA) is 137 Å². The van der Waals surface area contributed by atoms with Gasteiger partial charge >= 0.3 is 0 Å². The minimum absolute atomic E-state index is 0.0906. The number of carbonyl (C=O) groups is 1. The SMILES string of the molecule is COc1ccc(S(=O)(=O)NCCc2nnc3ccc(SCC(=O)Nc4cc(Cl)ccc4OC)nn23)cc1. The number of ether oxygens (including phenoxy) is 2. The van der Waals surface area contributed by atoms with Crippen molar-refractivity contribution in [2.24, 2.45) is 0 Å². The second-order valence-electron chi connectivity index (χ2n) is 7.56. The van der Waals surface area contributed by atoms with Crippen LogP contribution in [0.25, 0.3) is 5.65 Å². The molecule has 0 unspecified atom stereocenters. The van der Waals surface area contributed by atoms with Crippen molar-refractivity contribution in [3.05, 3.63) is 65.4 Å². The summed E-state index contributed by atoms with van der Waals surface area (Å²) in [6, 6.07) is 14.5. The summed E-state index contributed by atoms with van der Waals surface area (Å²) in [5.41, 5.74) is 0.979. The first-order valence-electron chi connectivity index (χ1n) is 10.9. The average molecular weight is 563 g/mol. The molecule has 0 fully saturated rings. The normalized spacial score (nSPS) is 11.4. The molecule has 2 heterocycles. The maximum absolute atomic E-state index is 12.6. The summed E-state index contributed by atoms with van der Waals surface area (Å²) in [6.07, 6.45) is 0.257. The Morgan fingerprint density at radius 1 is 1.05 bits per heavy atom. The van der Waals surface area contributed by atoms with Gasteiger partial charge < -0.3 is 14.8 Å². The first kappa shape index (κ1) is 26.7. The molecule has 0 aliphatic rings. The molecule has 0 saturated heterocycles. The predicted octanol–water partition coefficient (Wildman–Crippen LogP) is 3.05. The van der Waals surface area contributed by atoms with Crippen LogP contribution in [0.3, 0.4) is 0 Å². The molecule has 1 amide bonds. The molecule has 194 valence electrons. The van der Waals surface area contributed by atoms with Gasteiger partial charge in [0.25, 0.3) is 0 Å². The lowest BCUT2D eigenvalue weighted by atomic mass is 10.3. The van der Waals surface area contributed by atoms with Crippen LogP contribution in [0.2, 0.25) is 5.02 Å². The van der Waals surface area contributed by atoms with Gasteiger partial charge in [0.2, 0.25) is 15.9 Å². The van der Waals surface area contributed by atoms with Gasteiger partial charge in [0, 0.05) is 18.0 Å². The first-order chi connectivity index (χ1) is 17.8. The molecule has 14 heteroatoms. The van der Waals surface area contributed by atoms with E-state index in [9.17, 15) is 13.2 Å². The van der Waals surface area contributed by atoms with Crippen LogP contribution in [0, 0.1) is 0 Å². The lowest BCUT2D eigenvalue weighted by Gasteiger charge is -2.10. The number of hydrogen-bond donors (Lipinski definition) is 2. The van der Waals surface area contributed by atoms with Crippen molar-refractivity contribution in [3.8, 4) is 11.5 Å². The smallest absolute Gasteiger partial charge is 0.240 e. The van der Waals surface area contributed by atoms with Gasteiger partial charge in [-0.05, 0) is 54.6 Å². The number of thioether (sulfide) groups is 1. The van der Waals surface area contributed by atoms with E-state index < -0.39 is 10.0 Å². The molecule has 0 atom stereocenters. The van der Waals surface area contributed by atoms with E-state index >= 15 is 0 Å². The molecule has 0 aliphatic carbocycles. The van der Waals surface area contributed by atoms with E-state index in [1.807, 2.05) is 0 Å². The van der Waals surface area contributed by atoms with Crippen molar-refractivity contribution >= 4 is 50.6 Å². The second kappa shape index (κ2) is 11.8. The van der Waals surface area contributed by atoms with E-state index in [2.05, 4.69) is 25.3 Å². The standard InChI is InChI=1S/C23H23ClN6O5S2/c1-34-16-4-6-17(7-5-16)37(32,33)25-12-11-21-28-27-20-9-10-23(29-30(20)21)36-14-22(31)26-18-13-15(24)3-8-19(18)35-2/h3-10,13,25H,11-12,14H2,1-2H3,(H,26,31). The molecule has 4 aromatic rings. The number of benzene rings is 2. The number of amides is 1. The fourth-order valence-corrected chi connectivity index (χ4v) is 5.15. The maximum atomic E-state index is 12.6. The monoisotopic (exact) mass is 562 g/mol. The number of nitrogens with one attached hydrogen (secondary N) is 2. The van der Waals surface area contributed by atoms with Crippen molar-refractivity contribution in [2.75, 3.05) is 31.8 Å². The fourth-order valence-electron chi connectivity index (χ4n) is 3.29. The number of sulfonamides is 1. The number of aromatic nitrogens is 4.